The average Bonchev–Trinajstić information content (AvgIpc) is 3.78. The summed E-state index contributed by atoms with van der Waals surface area (Å²) >= 11 is 0. The maximum atomic E-state index is 6.68. The molecular formula is C48H39BN2O2. The number of fused-ring (bicyclic) bond motifs is 6. The van der Waals surface area contributed by atoms with Gasteiger partial charge in [0.15, 0.2) is 0 Å². The first kappa shape index (κ1) is 31.8. The monoisotopic (exact) mass is 686 g/mol. The number of rotatable bonds is 5. The highest BCUT2D eigenvalue weighted by atomic mass is 16.7. The standard InChI is InChI=1S/C48H39BN2O2/c1-47(2)48(3,4)53-49(52-47)36-28-34(32-23-25-41-39-19-11-13-21-43(39)50(45(41)30-32)37-15-7-5-8-16-37)27-35(29-36)33-24-26-42-40-20-12-14-22-44(40)51(46(42)31-33)38-17-9-6-10-18-38/h5-31H,1-4H3. The molecule has 0 unspecified atom stereocenters. The molecule has 0 N–H and O–H groups in total. The van der Waals surface area contributed by atoms with Crippen molar-refractivity contribution in [3.05, 3.63) is 164 Å². The van der Waals surface area contributed by atoms with Crippen LogP contribution < -0.4 is 5.46 Å². The second-order valence-electron chi connectivity index (χ2n) is 15.3. The minimum absolute atomic E-state index is 0.459. The Hall–Kier alpha value is -5.88. The van der Waals surface area contributed by atoms with Crippen LogP contribution in [0.15, 0.2) is 164 Å². The molecule has 0 saturated carbocycles. The summed E-state index contributed by atoms with van der Waals surface area (Å²) in [4.78, 5) is 0. The predicted molar refractivity (Wildman–Crippen MR) is 222 cm³/mol. The quantitative estimate of drug-likeness (QED) is 0.169. The van der Waals surface area contributed by atoms with Gasteiger partial charge in [-0.3, -0.25) is 0 Å². The van der Waals surface area contributed by atoms with Crippen molar-refractivity contribution in [3.8, 4) is 33.6 Å². The Morgan fingerprint density at radius 3 is 1.23 bits per heavy atom. The first-order chi connectivity index (χ1) is 25.8. The molecule has 53 heavy (non-hydrogen) atoms. The number of benzene rings is 7. The van der Waals surface area contributed by atoms with Crippen LogP contribution in [0.25, 0.3) is 77.2 Å². The van der Waals surface area contributed by atoms with Gasteiger partial charge in [-0.1, -0.05) is 109 Å². The van der Waals surface area contributed by atoms with Crippen LogP contribution in [0.1, 0.15) is 27.7 Å². The van der Waals surface area contributed by atoms with Gasteiger partial charge in [-0.25, -0.2) is 0 Å². The topological polar surface area (TPSA) is 28.3 Å². The van der Waals surface area contributed by atoms with Crippen molar-refractivity contribution in [2.45, 2.75) is 38.9 Å². The van der Waals surface area contributed by atoms with Crippen LogP contribution in [0.5, 0.6) is 0 Å². The normalized spacial score (nSPS) is 15.3. The van der Waals surface area contributed by atoms with Crippen LogP contribution in [0, 0.1) is 0 Å². The van der Waals surface area contributed by atoms with Crippen molar-refractivity contribution >= 4 is 56.2 Å². The lowest BCUT2D eigenvalue weighted by Gasteiger charge is -2.32. The maximum absolute atomic E-state index is 6.68. The van der Waals surface area contributed by atoms with Gasteiger partial charge in [0, 0.05) is 32.9 Å². The summed E-state index contributed by atoms with van der Waals surface area (Å²) in [7, 11) is -0.502. The average molecular weight is 687 g/mol. The molecule has 0 bridgehead atoms. The van der Waals surface area contributed by atoms with Gasteiger partial charge in [-0.2, -0.15) is 0 Å². The van der Waals surface area contributed by atoms with E-state index in [1.807, 2.05) is 0 Å². The van der Waals surface area contributed by atoms with Crippen LogP contribution in [-0.4, -0.2) is 27.5 Å². The summed E-state index contributed by atoms with van der Waals surface area (Å²) < 4.78 is 18.1. The smallest absolute Gasteiger partial charge is 0.399 e. The molecule has 3 heterocycles. The summed E-state index contributed by atoms with van der Waals surface area (Å²) in [5.41, 5.74) is 11.6. The van der Waals surface area contributed by atoms with Gasteiger partial charge in [0.2, 0.25) is 0 Å². The van der Waals surface area contributed by atoms with Crippen LogP contribution in [-0.2, 0) is 9.31 Å². The van der Waals surface area contributed by atoms with Crippen molar-refractivity contribution < 1.29 is 9.31 Å². The third kappa shape index (κ3) is 5.07. The molecule has 1 aliphatic rings. The Labute approximate surface area is 310 Å². The summed E-state index contributed by atoms with van der Waals surface area (Å²) in [6.07, 6.45) is 0. The molecule has 5 heteroatoms. The zero-order valence-corrected chi connectivity index (χ0v) is 30.4. The van der Waals surface area contributed by atoms with Gasteiger partial charge in [0.1, 0.15) is 0 Å². The Bertz CT molecular complexity index is 2660. The van der Waals surface area contributed by atoms with Gasteiger partial charge >= 0.3 is 7.12 Å². The van der Waals surface area contributed by atoms with Gasteiger partial charge in [-0.05, 0) is 110 Å². The molecule has 4 nitrogen and oxygen atoms in total. The molecule has 0 radical (unpaired) electrons. The molecule has 1 fully saturated rings. The summed E-state index contributed by atoms with van der Waals surface area (Å²) in [5, 5.41) is 4.95. The lowest BCUT2D eigenvalue weighted by Crippen LogP contribution is -2.41. The van der Waals surface area contributed by atoms with E-state index < -0.39 is 18.3 Å². The molecule has 10 rings (SSSR count). The highest BCUT2D eigenvalue weighted by Crippen LogP contribution is 2.40. The van der Waals surface area contributed by atoms with E-state index in [2.05, 4.69) is 201 Å². The van der Waals surface area contributed by atoms with E-state index in [1.165, 1.54) is 43.6 Å². The van der Waals surface area contributed by atoms with E-state index in [0.29, 0.717) is 0 Å². The third-order valence-corrected chi connectivity index (χ3v) is 11.5. The molecule has 2 aromatic heterocycles. The van der Waals surface area contributed by atoms with Crippen LogP contribution >= 0.6 is 0 Å². The molecule has 9 aromatic rings. The van der Waals surface area contributed by atoms with Gasteiger partial charge in [0.05, 0.1) is 33.3 Å². The van der Waals surface area contributed by atoms with Gasteiger partial charge in [0.25, 0.3) is 0 Å². The number of aromatic nitrogens is 2. The lowest BCUT2D eigenvalue weighted by atomic mass is 9.76. The number of hydrogen-bond donors (Lipinski definition) is 0. The largest absolute Gasteiger partial charge is 0.494 e. The molecule has 1 aliphatic heterocycles. The Kier molecular flexibility index (Phi) is 7.10. The second kappa shape index (κ2) is 11.8. The zero-order valence-electron chi connectivity index (χ0n) is 30.4. The molecule has 0 atom stereocenters. The van der Waals surface area contributed by atoms with E-state index >= 15 is 0 Å². The first-order valence-corrected chi connectivity index (χ1v) is 18.4. The Morgan fingerprint density at radius 2 is 0.774 bits per heavy atom. The van der Waals surface area contributed by atoms with Crippen molar-refractivity contribution in [3.63, 3.8) is 0 Å². The van der Waals surface area contributed by atoms with Crippen molar-refractivity contribution in [2.75, 3.05) is 0 Å². The minimum Gasteiger partial charge on any atom is -0.399 e. The fraction of sp³-hybridized carbons (Fsp3) is 0.125. The van der Waals surface area contributed by atoms with Gasteiger partial charge < -0.3 is 18.4 Å². The van der Waals surface area contributed by atoms with E-state index in [0.717, 1.165) is 39.1 Å². The highest BCUT2D eigenvalue weighted by molar-refractivity contribution is 6.62. The van der Waals surface area contributed by atoms with E-state index in [1.54, 1.807) is 0 Å². The zero-order chi connectivity index (χ0) is 35.9. The number of nitrogens with zero attached hydrogens (tertiary/aromatic N) is 2. The van der Waals surface area contributed by atoms with E-state index in [-0.39, 0.29) is 0 Å². The highest BCUT2D eigenvalue weighted by Gasteiger charge is 2.51. The van der Waals surface area contributed by atoms with Gasteiger partial charge in [-0.15, -0.1) is 0 Å². The fourth-order valence-corrected chi connectivity index (χ4v) is 8.11. The van der Waals surface area contributed by atoms with E-state index in [4.69, 9.17) is 9.31 Å². The fourth-order valence-electron chi connectivity index (χ4n) is 8.11. The molecule has 256 valence electrons. The van der Waals surface area contributed by atoms with Crippen molar-refractivity contribution in [1.29, 1.82) is 0 Å². The third-order valence-electron chi connectivity index (χ3n) is 11.5. The number of hydrogen-bond acceptors (Lipinski definition) is 2. The molecule has 0 spiro atoms. The molecule has 0 amide bonds. The Balaban J connectivity index is 1.20. The molecule has 1 saturated heterocycles. The summed E-state index contributed by atoms with van der Waals surface area (Å²) in [5.74, 6) is 0. The molecular weight excluding hydrogens is 647 g/mol. The van der Waals surface area contributed by atoms with Crippen LogP contribution in [0.3, 0.4) is 0 Å². The predicted octanol–water partition coefficient (Wildman–Crippen LogP) is 11.5. The summed E-state index contributed by atoms with van der Waals surface area (Å²) in [6, 6.07) is 59.2. The Morgan fingerprint density at radius 1 is 0.377 bits per heavy atom. The molecule has 0 aliphatic carbocycles. The van der Waals surface area contributed by atoms with Crippen molar-refractivity contribution in [1.82, 2.24) is 9.13 Å². The van der Waals surface area contributed by atoms with Crippen LogP contribution in [0.2, 0.25) is 0 Å². The maximum Gasteiger partial charge on any atom is 0.494 e. The lowest BCUT2D eigenvalue weighted by molar-refractivity contribution is 0.00578. The molecule has 7 aromatic carbocycles. The number of para-hydroxylation sites is 4. The minimum atomic E-state index is -0.502. The van der Waals surface area contributed by atoms with E-state index in [9.17, 15) is 0 Å². The second-order valence-corrected chi connectivity index (χ2v) is 15.3. The SMILES string of the molecule is CC1(C)OB(c2cc(-c3ccc4c5ccccc5n(-c5ccccc5)c4c3)cc(-c3ccc4c5ccccc5n(-c5ccccc5)c4c3)c2)OC1(C)C. The van der Waals surface area contributed by atoms with Crippen molar-refractivity contribution in [2.24, 2.45) is 0 Å². The van der Waals surface area contributed by atoms with Crippen LogP contribution in [0.4, 0.5) is 0 Å². The summed E-state index contributed by atoms with van der Waals surface area (Å²) in [6.45, 7) is 8.46. The first-order valence-electron chi connectivity index (χ1n) is 18.4.